The van der Waals surface area contributed by atoms with Crippen LogP contribution in [0.5, 0.6) is 0 Å². The summed E-state index contributed by atoms with van der Waals surface area (Å²) in [6.45, 7) is 4.69. The van der Waals surface area contributed by atoms with Crippen molar-refractivity contribution in [1.82, 2.24) is 4.31 Å². The Kier molecular flexibility index (Phi) is 5.90. The van der Waals surface area contributed by atoms with Gasteiger partial charge in [-0.2, -0.15) is 4.31 Å². The number of nitrogens with zero attached hydrogens (tertiary/aromatic N) is 2. The molecule has 0 aliphatic carbocycles. The lowest BCUT2D eigenvalue weighted by atomic mass is 10.0. The summed E-state index contributed by atoms with van der Waals surface area (Å²) in [5.41, 5.74) is 2.02. The van der Waals surface area contributed by atoms with E-state index in [9.17, 15) is 12.8 Å². The Labute approximate surface area is 172 Å². The first-order valence-electron chi connectivity index (χ1n) is 10.1. The Hall–Kier alpha value is -1.96. The maximum atomic E-state index is 14.9. The van der Waals surface area contributed by atoms with Crippen LogP contribution in [0.2, 0.25) is 0 Å². The lowest BCUT2D eigenvalue weighted by molar-refractivity contribution is 0.122. The number of anilines is 1. The normalized spacial score (nSPS) is 25.1. The molecule has 2 heterocycles. The van der Waals surface area contributed by atoms with Crippen molar-refractivity contribution in [3.63, 3.8) is 0 Å². The van der Waals surface area contributed by atoms with Crippen LogP contribution in [0.15, 0.2) is 48.5 Å². The second-order valence-electron chi connectivity index (χ2n) is 7.79. The molecule has 2 aromatic rings. The third kappa shape index (κ3) is 4.17. The van der Waals surface area contributed by atoms with Gasteiger partial charge >= 0.3 is 0 Å². The van der Waals surface area contributed by atoms with Crippen molar-refractivity contribution in [2.45, 2.75) is 37.6 Å². The molecule has 0 spiro atoms. The standard InChI is InChI=1S/C22H27FN2O3S/c1-17-7-10-22(18-5-3-2-4-6-18)29(26,27)25(17)16-19-8-9-20(15-21(19)23)24-11-13-28-14-12-24/h2-6,8-9,15,17,22H,7,10-14,16H2,1H3. The smallest absolute Gasteiger partial charge is 0.221 e. The monoisotopic (exact) mass is 418 g/mol. The van der Waals surface area contributed by atoms with E-state index in [0.29, 0.717) is 25.2 Å². The van der Waals surface area contributed by atoms with Crippen molar-refractivity contribution in [1.29, 1.82) is 0 Å². The fraction of sp³-hybridized carbons (Fsp3) is 0.455. The topological polar surface area (TPSA) is 49.9 Å². The van der Waals surface area contributed by atoms with Crippen molar-refractivity contribution in [3.05, 3.63) is 65.5 Å². The van der Waals surface area contributed by atoms with Gasteiger partial charge in [0.1, 0.15) is 11.1 Å². The van der Waals surface area contributed by atoms with E-state index in [2.05, 4.69) is 4.90 Å². The van der Waals surface area contributed by atoms with Crippen molar-refractivity contribution >= 4 is 15.7 Å². The van der Waals surface area contributed by atoms with Crippen LogP contribution in [-0.4, -0.2) is 45.1 Å². The predicted molar refractivity (Wildman–Crippen MR) is 112 cm³/mol. The Morgan fingerprint density at radius 1 is 1.07 bits per heavy atom. The number of sulfonamides is 1. The highest BCUT2D eigenvalue weighted by Crippen LogP contribution is 2.38. The fourth-order valence-electron chi connectivity index (χ4n) is 4.20. The largest absolute Gasteiger partial charge is 0.378 e. The van der Waals surface area contributed by atoms with Gasteiger partial charge in [-0.15, -0.1) is 0 Å². The number of ether oxygens (including phenoxy) is 1. The summed E-state index contributed by atoms with van der Waals surface area (Å²) in [4.78, 5) is 2.09. The van der Waals surface area contributed by atoms with E-state index in [0.717, 1.165) is 30.8 Å². The Morgan fingerprint density at radius 2 is 1.79 bits per heavy atom. The summed E-state index contributed by atoms with van der Waals surface area (Å²) < 4.78 is 48.4. The summed E-state index contributed by atoms with van der Waals surface area (Å²) in [5.74, 6) is -0.363. The third-order valence-corrected chi connectivity index (χ3v) is 8.30. The zero-order valence-electron chi connectivity index (χ0n) is 16.6. The summed E-state index contributed by atoms with van der Waals surface area (Å²) in [7, 11) is -3.57. The van der Waals surface area contributed by atoms with Crippen molar-refractivity contribution in [2.75, 3.05) is 31.2 Å². The van der Waals surface area contributed by atoms with Crippen LogP contribution >= 0.6 is 0 Å². The predicted octanol–water partition coefficient (Wildman–Crippen LogP) is 3.72. The molecule has 156 valence electrons. The first kappa shape index (κ1) is 20.3. The van der Waals surface area contributed by atoms with Gasteiger partial charge < -0.3 is 9.64 Å². The Bertz CT molecular complexity index is 946. The van der Waals surface area contributed by atoms with E-state index < -0.39 is 15.3 Å². The Morgan fingerprint density at radius 3 is 2.48 bits per heavy atom. The minimum Gasteiger partial charge on any atom is -0.378 e. The SMILES string of the molecule is CC1CCC(c2ccccc2)S(=O)(=O)N1Cc1ccc(N2CCOCC2)cc1F. The average molecular weight is 419 g/mol. The van der Waals surface area contributed by atoms with E-state index in [1.807, 2.05) is 43.3 Å². The first-order valence-corrected chi connectivity index (χ1v) is 11.6. The van der Waals surface area contributed by atoms with Crippen molar-refractivity contribution < 1.29 is 17.5 Å². The van der Waals surface area contributed by atoms with Crippen LogP contribution in [0.25, 0.3) is 0 Å². The molecule has 2 aromatic carbocycles. The molecular weight excluding hydrogens is 391 g/mol. The van der Waals surface area contributed by atoms with Crippen LogP contribution in [0, 0.1) is 5.82 Å². The molecule has 29 heavy (non-hydrogen) atoms. The van der Waals surface area contributed by atoms with E-state index in [-0.39, 0.29) is 18.4 Å². The van der Waals surface area contributed by atoms with Gasteiger partial charge in [-0.1, -0.05) is 36.4 Å². The molecule has 0 radical (unpaired) electrons. The van der Waals surface area contributed by atoms with Crippen molar-refractivity contribution in [3.8, 4) is 0 Å². The molecule has 2 aliphatic rings. The van der Waals surface area contributed by atoms with E-state index in [1.165, 1.54) is 10.4 Å². The van der Waals surface area contributed by atoms with Crippen molar-refractivity contribution in [2.24, 2.45) is 0 Å². The van der Waals surface area contributed by atoms with Crippen LogP contribution in [0.3, 0.4) is 0 Å². The summed E-state index contributed by atoms with van der Waals surface area (Å²) in [6, 6.07) is 14.3. The van der Waals surface area contributed by atoms with Gasteiger partial charge in [0.2, 0.25) is 10.0 Å². The second kappa shape index (κ2) is 8.42. The number of hydrogen-bond acceptors (Lipinski definition) is 4. The number of hydrogen-bond donors (Lipinski definition) is 0. The lowest BCUT2D eigenvalue weighted by Crippen LogP contribution is -2.44. The Balaban J connectivity index is 1.57. The molecule has 7 heteroatoms. The molecule has 0 saturated carbocycles. The van der Waals surface area contributed by atoms with Gasteiger partial charge in [0.25, 0.3) is 0 Å². The van der Waals surface area contributed by atoms with Crippen LogP contribution in [0.1, 0.15) is 36.1 Å². The summed E-state index contributed by atoms with van der Waals surface area (Å²) in [6.07, 6.45) is 1.34. The van der Waals surface area contributed by atoms with Gasteiger partial charge in [-0.05, 0) is 37.5 Å². The molecule has 2 aliphatic heterocycles. The number of benzene rings is 2. The highest BCUT2D eigenvalue weighted by molar-refractivity contribution is 7.89. The van der Waals surface area contributed by atoms with Gasteiger partial charge in [-0.25, -0.2) is 12.8 Å². The average Bonchev–Trinajstić information content (AvgIpc) is 2.73. The molecule has 0 bridgehead atoms. The highest BCUT2D eigenvalue weighted by atomic mass is 32.2. The van der Waals surface area contributed by atoms with E-state index in [4.69, 9.17) is 4.74 Å². The summed E-state index contributed by atoms with van der Waals surface area (Å²) in [5, 5.41) is -0.574. The molecular formula is C22H27FN2O3S. The van der Waals surface area contributed by atoms with Gasteiger partial charge in [0.15, 0.2) is 0 Å². The van der Waals surface area contributed by atoms with Crippen LogP contribution in [0.4, 0.5) is 10.1 Å². The molecule has 0 amide bonds. The molecule has 2 saturated heterocycles. The molecule has 5 nitrogen and oxygen atoms in total. The van der Waals surface area contributed by atoms with Gasteiger partial charge in [-0.3, -0.25) is 0 Å². The maximum Gasteiger partial charge on any atom is 0.221 e. The minimum absolute atomic E-state index is 0.0576. The molecule has 0 N–H and O–H groups in total. The third-order valence-electron chi connectivity index (χ3n) is 5.94. The van der Waals surface area contributed by atoms with Crippen LogP contribution < -0.4 is 4.90 Å². The van der Waals surface area contributed by atoms with Gasteiger partial charge in [0, 0.05) is 36.9 Å². The van der Waals surface area contributed by atoms with Crippen LogP contribution in [-0.2, 0) is 21.3 Å². The minimum atomic E-state index is -3.57. The zero-order valence-corrected chi connectivity index (χ0v) is 17.4. The first-order chi connectivity index (χ1) is 14.0. The number of halogens is 1. The summed E-state index contributed by atoms with van der Waals surface area (Å²) >= 11 is 0. The maximum absolute atomic E-state index is 14.9. The quantitative estimate of drug-likeness (QED) is 0.759. The lowest BCUT2D eigenvalue weighted by Gasteiger charge is -2.37. The molecule has 4 rings (SSSR count). The molecule has 0 aromatic heterocycles. The second-order valence-corrected chi connectivity index (χ2v) is 9.86. The molecule has 2 fully saturated rings. The number of morpholine rings is 1. The fourth-order valence-corrected chi connectivity index (χ4v) is 6.39. The molecule has 2 atom stereocenters. The number of rotatable bonds is 4. The van der Waals surface area contributed by atoms with E-state index in [1.54, 1.807) is 6.07 Å². The zero-order chi connectivity index (χ0) is 20.4. The molecule has 2 unspecified atom stereocenters. The highest BCUT2D eigenvalue weighted by Gasteiger charge is 2.40. The van der Waals surface area contributed by atoms with Gasteiger partial charge in [0.05, 0.1) is 13.2 Å². The van der Waals surface area contributed by atoms with E-state index >= 15 is 0 Å².